The molecule has 1 aliphatic rings. The Hall–Kier alpha value is -3.57. The van der Waals surface area contributed by atoms with Crippen molar-refractivity contribution in [1.82, 2.24) is 15.5 Å². The van der Waals surface area contributed by atoms with E-state index in [1.165, 1.54) is 18.2 Å². The highest BCUT2D eigenvalue weighted by atomic mass is 32.2. The maximum absolute atomic E-state index is 12.0. The molecular weight excluding hydrogens is 458 g/mol. The van der Waals surface area contributed by atoms with E-state index in [9.17, 15) is 10.1 Å². The first kappa shape index (κ1) is 26.0. The molecule has 8 heteroatoms. The smallest absolute Gasteiger partial charge is 0.411 e. The lowest BCUT2D eigenvalue weighted by Gasteiger charge is -2.27. The maximum atomic E-state index is 12.0. The van der Waals surface area contributed by atoms with E-state index in [1.807, 2.05) is 45.0 Å². The molecule has 0 saturated carbocycles. The summed E-state index contributed by atoms with van der Waals surface area (Å²) < 4.78 is 5.28. The molecule has 1 amide bonds. The monoisotopic (exact) mass is 489 g/mol. The fourth-order valence-corrected chi connectivity index (χ4v) is 4.58. The van der Waals surface area contributed by atoms with Crippen molar-refractivity contribution < 1.29 is 9.53 Å². The first-order chi connectivity index (χ1) is 16.8. The summed E-state index contributed by atoms with van der Waals surface area (Å²) in [6.45, 7) is 11.2. The van der Waals surface area contributed by atoms with Crippen molar-refractivity contribution in [3.63, 3.8) is 0 Å². The number of allylic oxidation sites excluding steroid dienone is 4. The SMILES string of the molecule is C=C/C=C(\C=C/NC(=O)OC(C)(C)C)c1ccc(C#N)cc1Sc1cnnc(N2CCCCC2)c1. The van der Waals surface area contributed by atoms with Crippen molar-refractivity contribution in [2.75, 3.05) is 18.0 Å². The molecule has 0 atom stereocenters. The Balaban J connectivity index is 1.87. The van der Waals surface area contributed by atoms with Crippen LogP contribution in [0, 0.1) is 11.3 Å². The van der Waals surface area contributed by atoms with E-state index in [-0.39, 0.29) is 0 Å². The molecule has 1 aliphatic heterocycles. The zero-order valence-electron chi connectivity index (χ0n) is 20.5. The van der Waals surface area contributed by atoms with Crippen LogP contribution in [0.15, 0.2) is 71.3 Å². The second-order valence-electron chi connectivity index (χ2n) is 9.06. The molecule has 0 bridgehead atoms. The maximum Gasteiger partial charge on any atom is 0.411 e. The minimum absolute atomic E-state index is 0.533. The number of carbonyl (C=O) groups is 1. The van der Waals surface area contributed by atoms with Gasteiger partial charge in [0.25, 0.3) is 0 Å². The lowest BCUT2D eigenvalue weighted by molar-refractivity contribution is 0.0552. The third kappa shape index (κ3) is 8.01. The number of rotatable bonds is 7. The summed E-state index contributed by atoms with van der Waals surface area (Å²) in [5, 5.41) is 20.7. The lowest BCUT2D eigenvalue weighted by Crippen LogP contribution is -2.30. The van der Waals surface area contributed by atoms with Crippen LogP contribution in [0.1, 0.15) is 51.2 Å². The van der Waals surface area contributed by atoms with Crippen LogP contribution in [-0.4, -0.2) is 35.0 Å². The molecule has 1 aromatic carbocycles. The first-order valence-electron chi connectivity index (χ1n) is 11.6. The first-order valence-corrected chi connectivity index (χ1v) is 12.4. The van der Waals surface area contributed by atoms with E-state index in [4.69, 9.17) is 4.74 Å². The number of benzene rings is 1. The van der Waals surface area contributed by atoms with Gasteiger partial charge in [0.15, 0.2) is 5.82 Å². The number of hydrogen-bond donors (Lipinski definition) is 1. The second-order valence-corrected chi connectivity index (χ2v) is 10.2. The van der Waals surface area contributed by atoms with E-state index in [2.05, 4.69) is 33.1 Å². The van der Waals surface area contributed by atoms with E-state index < -0.39 is 11.7 Å². The van der Waals surface area contributed by atoms with Crippen molar-refractivity contribution in [3.05, 3.63) is 72.6 Å². The van der Waals surface area contributed by atoms with Gasteiger partial charge < -0.3 is 9.64 Å². The molecule has 7 nitrogen and oxygen atoms in total. The van der Waals surface area contributed by atoms with Crippen LogP contribution < -0.4 is 10.2 Å². The zero-order chi connectivity index (χ0) is 25.3. The van der Waals surface area contributed by atoms with Crippen LogP contribution >= 0.6 is 11.8 Å². The molecule has 0 unspecified atom stereocenters. The summed E-state index contributed by atoms with van der Waals surface area (Å²) in [5.74, 6) is 0.871. The van der Waals surface area contributed by atoms with Crippen LogP contribution in [0.5, 0.6) is 0 Å². The quantitative estimate of drug-likeness (QED) is 0.470. The fourth-order valence-electron chi connectivity index (χ4n) is 3.58. The largest absolute Gasteiger partial charge is 0.444 e. The van der Waals surface area contributed by atoms with Gasteiger partial charge in [0, 0.05) is 29.1 Å². The molecule has 182 valence electrons. The highest BCUT2D eigenvalue weighted by Gasteiger charge is 2.16. The van der Waals surface area contributed by atoms with Crippen LogP contribution in [0.3, 0.4) is 0 Å². The number of carbonyl (C=O) groups excluding carboxylic acids is 1. The van der Waals surface area contributed by atoms with Gasteiger partial charge in [0.05, 0.1) is 17.8 Å². The van der Waals surface area contributed by atoms with Crippen molar-refractivity contribution in [1.29, 1.82) is 5.26 Å². The molecular formula is C27H31N5O2S. The number of alkyl carbamates (subject to hydrolysis) is 1. The van der Waals surface area contributed by atoms with Gasteiger partial charge >= 0.3 is 6.09 Å². The Bertz CT molecular complexity index is 1150. The van der Waals surface area contributed by atoms with E-state index in [1.54, 1.807) is 30.6 Å². The average Bonchev–Trinajstić information content (AvgIpc) is 2.83. The summed E-state index contributed by atoms with van der Waals surface area (Å²) in [7, 11) is 0. The van der Waals surface area contributed by atoms with Crippen LogP contribution in [0.25, 0.3) is 5.57 Å². The van der Waals surface area contributed by atoms with E-state index >= 15 is 0 Å². The lowest BCUT2D eigenvalue weighted by atomic mass is 10.0. The molecule has 0 aliphatic carbocycles. The molecule has 1 saturated heterocycles. The topological polar surface area (TPSA) is 91.1 Å². The molecule has 35 heavy (non-hydrogen) atoms. The normalized spacial score (nSPS) is 14.5. The standard InChI is InChI=1S/C27H31N5O2S/c1-5-9-21(12-13-29-26(33)34-27(2,3)4)23-11-10-20(18-28)16-24(23)35-22-17-25(31-30-19-22)32-14-7-6-8-15-32/h5,9-13,16-17,19H,1,6-8,14-15H2,2-4H3,(H,29,33)/b13-12-,21-9+. The Morgan fingerprint density at radius 1 is 1.26 bits per heavy atom. The van der Waals surface area contributed by atoms with E-state index in [0.29, 0.717) is 5.56 Å². The Labute approximate surface area is 211 Å². The van der Waals surface area contributed by atoms with Crippen molar-refractivity contribution in [2.45, 2.75) is 55.4 Å². The Kier molecular flexibility index (Phi) is 9.10. The Morgan fingerprint density at radius 3 is 2.71 bits per heavy atom. The summed E-state index contributed by atoms with van der Waals surface area (Å²) >= 11 is 1.52. The van der Waals surface area contributed by atoms with Gasteiger partial charge in [-0.05, 0) is 75.4 Å². The Morgan fingerprint density at radius 2 is 2.03 bits per heavy atom. The van der Waals surface area contributed by atoms with Crippen LogP contribution in [-0.2, 0) is 4.74 Å². The summed E-state index contributed by atoms with van der Waals surface area (Å²) in [6.07, 6.45) is 11.6. The summed E-state index contributed by atoms with van der Waals surface area (Å²) in [5.41, 5.74) is 1.69. The number of aromatic nitrogens is 2. The van der Waals surface area contributed by atoms with Crippen molar-refractivity contribution >= 4 is 29.2 Å². The fraction of sp³-hybridized carbons (Fsp3) is 0.333. The highest BCUT2D eigenvalue weighted by molar-refractivity contribution is 7.99. The van der Waals surface area contributed by atoms with Crippen LogP contribution in [0.2, 0.25) is 0 Å². The van der Waals surface area contributed by atoms with Gasteiger partial charge in [-0.2, -0.15) is 10.4 Å². The molecule has 0 radical (unpaired) electrons. The number of nitrogens with zero attached hydrogens (tertiary/aromatic N) is 4. The summed E-state index contributed by atoms with van der Waals surface area (Å²) in [6, 6.07) is 9.78. The van der Waals surface area contributed by atoms with Crippen LogP contribution in [0.4, 0.5) is 10.6 Å². The van der Waals surface area contributed by atoms with Crippen molar-refractivity contribution in [3.8, 4) is 6.07 Å². The molecule has 3 rings (SSSR count). The van der Waals surface area contributed by atoms with Gasteiger partial charge in [0.1, 0.15) is 5.60 Å². The third-order valence-corrected chi connectivity index (χ3v) is 6.12. The number of piperidine rings is 1. The second kappa shape index (κ2) is 12.2. The number of anilines is 1. The predicted molar refractivity (Wildman–Crippen MR) is 140 cm³/mol. The van der Waals surface area contributed by atoms with Gasteiger partial charge in [-0.1, -0.05) is 36.6 Å². The zero-order valence-corrected chi connectivity index (χ0v) is 21.3. The minimum Gasteiger partial charge on any atom is -0.444 e. The summed E-state index contributed by atoms with van der Waals surface area (Å²) in [4.78, 5) is 16.1. The average molecular weight is 490 g/mol. The van der Waals surface area contributed by atoms with Gasteiger partial charge in [-0.15, -0.1) is 5.10 Å². The minimum atomic E-state index is -0.583. The molecule has 0 spiro atoms. The number of nitrogens with one attached hydrogen (secondary N) is 1. The van der Waals surface area contributed by atoms with E-state index in [0.717, 1.165) is 52.7 Å². The molecule has 1 N–H and O–H groups in total. The van der Waals surface area contributed by atoms with Gasteiger partial charge in [-0.25, -0.2) is 4.79 Å². The number of amides is 1. The third-order valence-electron chi connectivity index (χ3n) is 5.11. The number of nitriles is 1. The molecule has 1 aromatic heterocycles. The van der Waals surface area contributed by atoms with Crippen molar-refractivity contribution in [2.24, 2.45) is 0 Å². The molecule has 2 aromatic rings. The molecule has 2 heterocycles. The predicted octanol–water partition coefficient (Wildman–Crippen LogP) is 6.10. The number of hydrogen-bond acceptors (Lipinski definition) is 7. The number of ether oxygens (including phenoxy) is 1. The van der Waals surface area contributed by atoms with Gasteiger partial charge in [0.2, 0.25) is 0 Å². The highest BCUT2D eigenvalue weighted by Crippen LogP contribution is 2.36. The molecule has 1 fully saturated rings. The van der Waals surface area contributed by atoms with Gasteiger partial charge in [-0.3, -0.25) is 5.32 Å².